The summed E-state index contributed by atoms with van der Waals surface area (Å²) in [6.45, 7) is 0. The Morgan fingerprint density at radius 2 is 1.77 bits per heavy atom. The number of hydrogen-bond acceptors (Lipinski definition) is 0. The Balaban J connectivity index is 0.000000807. The number of benzene rings is 1. The van der Waals surface area contributed by atoms with Gasteiger partial charge in [-0.1, -0.05) is 0 Å². The van der Waals surface area contributed by atoms with Crippen LogP contribution in [-0.2, 0) is 31.8 Å². The Hall–Kier alpha value is 0.213. The van der Waals surface area contributed by atoms with Crippen LogP contribution in [-0.4, -0.2) is 4.57 Å². The molecule has 0 saturated carbocycles. The van der Waals surface area contributed by atoms with E-state index in [0.29, 0.717) is 3.63 Å². The van der Waals surface area contributed by atoms with E-state index in [0.717, 1.165) is 0 Å². The maximum atomic E-state index is 3.68. The molecule has 4 rings (SSSR count). The zero-order valence-corrected chi connectivity index (χ0v) is 17.9. The summed E-state index contributed by atoms with van der Waals surface area (Å²) in [5.74, 6) is 0. The van der Waals surface area contributed by atoms with E-state index in [1.807, 2.05) is 0 Å². The molecule has 1 aromatic heterocycles. The normalized spacial score (nSPS) is 18.0. The molecule has 1 unspecified atom stereocenters. The molecule has 2 aliphatic rings. The van der Waals surface area contributed by atoms with Crippen molar-refractivity contribution in [2.24, 2.45) is 7.05 Å². The third-order valence-electron chi connectivity index (χ3n) is 4.01. The molecule has 112 valence electrons. The number of para-hydroxylation sites is 1. The quantitative estimate of drug-likeness (QED) is 0.349. The van der Waals surface area contributed by atoms with E-state index >= 15 is 0 Å². The molecule has 0 N–H and O–H groups in total. The standard InChI is InChI=1S/C16H11BrN.3ClH.Zr/c1-18-15-5-3-2-4-13(15)14-9-10-8-11(17)6-7-12(10)16(14)18;;;;/h2-9H,1H3;3*1H;/q;;;;+3/p-3. The van der Waals surface area contributed by atoms with Gasteiger partial charge < -0.3 is 37.2 Å². The van der Waals surface area contributed by atoms with Gasteiger partial charge in [0, 0.05) is 0 Å². The molecule has 0 saturated heterocycles. The molecule has 6 heteroatoms. The van der Waals surface area contributed by atoms with E-state index in [4.69, 9.17) is 0 Å². The zero-order valence-electron chi connectivity index (χ0n) is 11.6. The van der Waals surface area contributed by atoms with Gasteiger partial charge in [-0.05, 0) is 0 Å². The predicted octanol–water partition coefficient (Wildman–Crippen LogP) is -4.40. The predicted molar refractivity (Wildman–Crippen MR) is 79.6 cm³/mol. The van der Waals surface area contributed by atoms with Gasteiger partial charge in [-0.15, -0.1) is 0 Å². The molecule has 0 spiro atoms. The van der Waals surface area contributed by atoms with Gasteiger partial charge in [0.2, 0.25) is 0 Å². The summed E-state index contributed by atoms with van der Waals surface area (Å²) in [5, 5.41) is 1.36. The fourth-order valence-corrected chi connectivity index (χ4v) is 4.29. The Kier molecular flexibility index (Phi) is 6.82. The monoisotopic (exact) mass is 491 g/mol. The molecule has 2 aliphatic carbocycles. The van der Waals surface area contributed by atoms with Crippen LogP contribution in [0, 0.1) is 0 Å². The summed E-state index contributed by atoms with van der Waals surface area (Å²) in [4.78, 5) is 0. The Morgan fingerprint density at radius 1 is 1.09 bits per heavy atom. The van der Waals surface area contributed by atoms with E-state index in [1.165, 1.54) is 62.5 Å². The number of aromatic nitrogens is 1. The van der Waals surface area contributed by atoms with E-state index in [-0.39, 0.29) is 37.2 Å². The minimum Gasteiger partial charge on any atom is -1.00 e. The van der Waals surface area contributed by atoms with Gasteiger partial charge in [0.1, 0.15) is 0 Å². The van der Waals surface area contributed by atoms with Crippen molar-refractivity contribution in [1.29, 1.82) is 0 Å². The second kappa shape index (κ2) is 7.40. The van der Waals surface area contributed by atoms with Gasteiger partial charge in [0.05, 0.1) is 0 Å². The average Bonchev–Trinajstić information content (AvgIpc) is 2.93. The number of halogens is 4. The fourth-order valence-electron chi connectivity index (χ4n) is 3.09. The van der Waals surface area contributed by atoms with Crippen molar-refractivity contribution < 1.29 is 61.9 Å². The van der Waals surface area contributed by atoms with Crippen molar-refractivity contribution in [3.05, 3.63) is 57.7 Å². The van der Waals surface area contributed by atoms with E-state index in [1.54, 1.807) is 0 Å². The minimum absolute atomic E-state index is 0. The number of allylic oxidation sites excluding steroid dienone is 5. The van der Waals surface area contributed by atoms with Crippen LogP contribution in [0.25, 0.3) is 22.6 Å². The van der Waals surface area contributed by atoms with Gasteiger partial charge in [0.15, 0.2) is 0 Å². The minimum atomic E-state index is 0. The summed E-state index contributed by atoms with van der Waals surface area (Å²) in [5.41, 5.74) is 6.96. The van der Waals surface area contributed by atoms with Crippen molar-refractivity contribution in [1.82, 2.24) is 4.57 Å². The first-order valence-corrected chi connectivity index (χ1v) is 8.48. The molecule has 0 radical (unpaired) electrons. The van der Waals surface area contributed by atoms with E-state index < -0.39 is 0 Å². The number of rotatable bonds is 0. The van der Waals surface area contributed by atoms with Crippen molar-refractivity contribution in [2.45, 2.75) is 3.63 Å². The van der Waals surface area contributed by atoms with Crippen LogP contribution < -0.4 is 37.2 Å². The van der Waals surface area contributed by atoms with Crippen LogP contribution in [0.5, 0.6) is 0 Å². The van der Waals surface area contributed by atoms with Gasteiger partial charge in [-0.25, -0.2) is 0 Å². The third kappa shape index (κ3) is 2.74. The number of hydrogen-bond donors (Lipinski definition) is 0. The summed E-state index contributed by atoms with van der Waals surface area (Å²) in [6.07, 6.45) is 6.84. The second-order valence-corrected chi connectivity index (χ2v) is 7.34. The third-order valence-corrected chi connectivity index (χ3v) is 7.30. The van der Waals surface area contributed by atoms with Crippen LogP contribution in [0.4, 0.5) is 0 Å². The maximum Gasteiger partial charge on any atom is -1.00 e. The molecule has 0 fully saturated rings. The van der Waals surface area contributed by atoms with Gasteiger partial charge >= 0.3 is 136 Å². The molecule has 0 amide bonds. The second-order valence-electron chi connectivity index (χ2n) is 5.00. The molecular formula is C16H11BrCl3NZr. The van der Waals surface area contributed by atoms with Gasteiger partial charge in [0.25, 0.3) is 0 Å². The molecule has 0 bridgehead atoms. The average molecular weight is 495 g/mol. The van der Waals surface area contributed by atoms with Crippen LogP contribution in [0.2, 0.25) is 3.63 Å². The molecule has 0 aliphatic heterocycles. The first-order chi connectivity index (χ1) is 9.18. The van der Waals surface area contributed by atoms with E-state index in [2.05, 4.69) is 70.0 Å². The largest absolute Gasteiger partial charge is 1.00 e. The fraction of sp³-hybridized carbons (Fsp3) is 0.125. The number of nitrogens with zero attached hydrogens (tertiary/aromatic N) is 1. The van der Waals surface area contributed by atoms with Crippen LogP contribution in [0.3, 0.4) is 0 Å². The molecular weight excluding hydrogens is 484 g/mol. The SMILES string of the molecule is Cn1c2c(c3ccccc31)C=C1C2=CC=C(Br)[CH]1[Zr+3].[Cl-].[Cl-].[Cl-]. The van der Waals surface area contributed by atoms with Crippen molar-refractivity contribution in [2.75, 3.05) is 0 Å². The molecule has 1 heterocycles. The smallest absolute Gasteiger partial charge is 1.00 e. The Labute approximate surface area is 172 Å². The van der Waals surface area contributed by atoms with Crippen molar-refractivity contribution >= 4 is 38.5 Å². The molecule has 22 heavy (non-hydrogen) atoms. The summed E-state index contributed by atoms with van der Waals surface area (Å²) >= 11 is 5.22. The van der Waals surface area contributed by atoms with Crippen LogP contribution >= 0.6 is 15.9 Å². The first-order valence-electron chi connectivity index (χ1n) is 6.26. The number of aryl methyl sites for hydroxylation is 1. The van der Waals surface area contributed by atoms with Gasteiger partial charge in [-0.3, -0.25) is 0 Å². The number of fused-ring (bicyclic) bond motifs is 5. The van der Waals surface area contributed by atoms with Crippen LogP contribution in [0.15, 0.2) is 46.5 Å². The van der Waals surface area contributed by atoms with Crippen LogP contribution in [0.1, 0.15) is 11.3 Å². The van der Waals surface area contributed by atoms with Crippen molar-refractivity contribution in [3.8, 4) is 0 Å². The maximum absolute atomic E-state index is 3.68. The first kappa shape index (κ1) is 20.3. The molecule has 1 aromatic carbocycles. The zero-order chi connectivity index (χ0) is 13.1. The topological polar surface area (TPSA) is 4.93 Å². The summed E-state index contributed by atoms with van der Waals surface area (Å²) in [7, 11) is 2.17. The summed E-state index contributed by atoms with van der Waals surface area (Å²) in [6, 6.07) is 8.66. The summed E-state index contributed by atoms with van der Waals surface area (Å²) < 4.78 is 4.17. The molecule has 1 atom stereocenters. The van der Waals surface area contributed by atoms with Crippen molar-refractivity contribution in [3.63, 3.8) is 0 Å². The Morgan fingerprint density at radius 3 is 2.50 bits per heavy atom. The van der Waals surface area contributed by atoms with E-state index in [9.17, 15) is 0 Å². The van der Waals surface area contributed by atoms with Gasteiger partial charge in [-0.2, -0.15) is 0 Å². The molecule has 2 aromatic rings. The Bertz CT molecular complexity index is 820. The molecule has 1 nitrogen and oxygen atoms in total.